The first kappa shape index (κ1) is 21.2. The zero-order chi connectivity index (χ0) is 20.9. The molecule has 0 N–H and O–H groups in total. The fraction of sp³-hybridized carbons (Fsp3) is 0.467. The summed E-state index contributed by atoms with van der Waals surface area (Å²) in [7, 11) is 1.47. The molecule has 28 heavy (non-hydrogen) atoms. The number of ether oxygens (including phenoxy) is 2. The third-order valence-corrected chi connectivity index (χ3v) is 3.41. The molecule has 10 nitrogen and oxygen atoms in total. The maximum absolute atomic E-state index is 12.3. The number of halogens is 3. The van der Waals surface area contributed by atoms with Crippen LogP contribution in [0.4, 0.5) is 18.0 Å². The average Bonchev–Trinajstić information content (AvgIpc) is 2.94. The summed E-state index contributed by atoms with van der Waals surface area (Å²) < 4.78 is 46.4. The predicted molar refractivity (Wildman–Crippen MR) is 88.0 cm³/mol. The second-order valence-corrected chi connectivity index (χ2v) is 5.73. The van der Waals surface area contributed by atoms with E-state index in [1.54, 1.807) is 13.8 Å². The zero-order valence-electron chi connectivity index (χ0n) is 15.2. The largest absolute Gasteiger partial charge is 0.573 e. The monoisotopic (exact) mass is 405 g/mol. The summed E-state index contributed by atoms with van der Waals surface area (Å²) in [5.74, 6) is -0.547. The number of hydrogen-bond donors (Lipinski definition) is 0. The minimum Gasteiger partial charge on any atom is -0.406 e. The lowest BCUT2D eigenvalue weighted by molar-refractivity contribution is -0.274. The van der Waals surface area contributed by atoms with Crippen LogP contribution >= 0.6 is 0 Å². The number of amides is 1. The molecule has 0 unspecified atom stereocenters. The van der Waals surface area contributed by atoms with Gasteiger partial charge in [-0.15, -0.1) is 13.2 Å². The summed E-state index contributed by atoms with van der Waals surface area (Å²) in [6.07, 6.45) is -5.76. The molecule has 0 aliphatic heterocycles. The fourth-order valence-electron chi connectivity index (χ4n) is 2.14. The van der Waals surface area contributed by atoms with Crippen molar-refractivity contribution in [1.29, 1.82) is 0 Å². The standard InChI is InChI=1S/C15H18F3N5O5/c1-10(2)21(7-8-26-3)14(25)28-23-13(24)22(19-20-23)11-5-4-6-12(9-11)27-15(16,17)18/h4-6,9-10H,7-8H2,1-3H3. The van der Waals surface area contributed by atoms with Gasteiger partial charge in [-0.05, 0) is 41.3 Å². The smallest absolute Gasteiger partial charge is 0.406 e. The van der Waals surface area contributed by atoms with E-state index in [0.717, 1.165) is 12.1 Å². The van der Waals surface area contributed by atoms with Crippen molar-refractivity contribution < 1.29 is 32.3 Å². The zero-order valence-corrected chi connectivity index (χ0v) is 15.2. The van der Waals surface area contributed by atoms with Gasteiger partial charge in [0.15, 0.2) is 0 Å². The number of aromatic nitrogens is 4. The minimum atomic E-state index is -4.89. The second-order valence-electron chi connectivity index (χ2n) is 5.73. The summed E-state index contributed by atoms with van der Waals surface area (Å²) >= 11 is 0. The van der Waals surface area contributed by atoms with Gasteiger partial charge < -0.3 is 14.4 Å². The Morgan fingerprint density at radius 3 is 2.61 bits per heavy atom. The van der Waals surface area contributed by atoms with Crippen molar-refractivity contribution in [1.82, 2.24) is 24.9 Å². The Hall–Kier alpha value is -3.09. The molecular formula is C15H18F3N5O5. The highest BCUT2D eigenvalue weighted by molar-refractivity contribution is 5.68. The first-order valence-corrected chi connectivity index (χ1v) is 8.01. The molecule has 1 aromatic heterocycles. The van der Waals surface area contributed by atoms with E-state index in [4.69, 9.17) is 9.57 Å². The van der Waals surface area contributed by atoms with E-state index in [2.05, 4.69) is 15.2 Å². The number of methoxy groups -OCH3 is 1. The molecular weight excluding hydrogens is 387 g/mol. The van der Waals surface area contributed by atoms with E-state index in [9.17, 15) is 22.8 Å². The van der Waals surface area contributed by atoms with E-state index in [-0.39, 0.29) is 24.9 Å². The number of benzene rings is 1. The van der Waals surface area contributed by atoms with Gasteiger partial charge in [0.05, 0.1) is 12.3 Å². The molecule has 0 atom stereocenters. The van der Waals surface area contributed by atoms with Crippen molar-refractivity contribution >= 4 is 6.09 Å². The highest BCUT2D eigenvalue weighted by Crippen LogP contribution is 2.23. The maximum Gasteiger partial charge on any atom is 0.573 e. The van der Waals surface area contributed by atoms with E-state index >= 15 is 0 Å². The maximum atomic E-state index is 12.3. The van der Waals surface area contributed by atoms with Gasteiger partial charge in [-0.3, -0.25) is 4.84 Å². The van der Waals surface area contributed by atoms with Crippen molar-refractivity contribution in [3.05, 3.63) is 34.7 Å². The molecule has 0 bridgehead atoms. The van der Waals surface area contributed by atoms with Gasteiger partial charge in [0.1, 0.15) is 5.75 Å². The number of carbonyl (C=O) groups is 1. The van der Waals surface area contributed by atoms with Gasteiger partial charge >= 0.3 is 18.1 Å². The molecule has 0 saturated carbocycles. The molecule has 0 fully saturated rings. The van der Waals surface area contributed by atoms with Crippen LogP contribution in [0.1, 0.15) is 13.8 Å². The van der Waals surface area contributed by atoms with Gasteiger partial charge in [0.2, 0.25) is 0 Å². The van der Waals surface area contributed by atoms with Crippen LogP contribution < -0.4 is 15.3 Å². The Bertz CT molecular complexity index is 864. The predicted octanol–water partition coefficient (Wildman–Crippen LogP) is 1.23. The molecule has 2 aromatic rings. The highest BCUT2D eigenvalue weighted by Gasteiger charge is 2.31. The molecule has 1 aromatic carbocycles. The van der Waals surface area contributed by atoms with Crippen LogP contribution in [0.15, 0.2) is 29.1 Å². The van der Waals surface area contributed by atoms with Crippen LogP contribution in [0.2, 0.25) is 0 Å². The lowest BCUT2D eigenvalue weighted by Gasteiger charge is -2.24. The minimum absolute atomic E-state index is 0.0610. The molecule has 0 radical (unpaired) electrons. The number of rotatable bonds is 7. The third kappa shape index (κ3) is 5.45. The Labute approximate surface area is 156 Å². The SMILES string of the molecule is COCCN(C(=O)On1nnn(-c2cccc(OC(F)(F)F)c2)c1=O)C(C)C. The van der Waals surface area contributed by atoms with Gasteiger partial charge in [-0.2, -0.15) is 4.68 Å². The van der Waals surface area contributed by atoms with E-state index in [1.807, 2.05) is 0 Å². The van der Waals surface area contributed by atoms with E-state index < -0.39 is 23.9 Å². The molecule has 1 amide bonds. The normalized spacial score (nSPS) is 11.5. The summed E-state index contributed by atoms with van der Waals surface area (Å²) in [6, 6.07) is 4.30. The van der Waals surface area contributed by atoms with Crippen molar-refractivity contribution in [3.8, 4) is 11.4 Å². The molecule has 0 saturated heterocycles. The van der Waals surface area contributed by atoms with Crippen molar-refractivity contribution in [3.63, 3.8) is 0 Å². The van der Waals surface area contributed by atoms with Gasteiger partial charge in [-0.25, -0.2) is 9.59 Å². The molecule has 0 aliphatic carbocycles. The number of carbonyl (C=O) groups excluding carboxylic acids is 1. The van der Waals surface area contributed by atoms with Gasteiger partial charge in [-0.1, -0.05) is 6.07 Å². The van der Waals surface area contributed by atoms with Crippen molar-refractivity contribution in [2.75, 3.05) is 20.3 Å². The quantitative estimate of drug-likeness (QED) is 0.639. The Kier molecular flexibility index (Phi) is 6.62. The Morgan fingerprint density at radius 2 is 2.00 bits per heavy atom. The van der Waals surface area contributed by atoms with Crippen LogP contribution in [0.5, 0.6) is 5.75 Å². The first-order chi connectivity index (χ1) is 13.1. The summed E-state index contributed by atoms with van der Waals surface area (Å²) in [5, 5.41) is 6.91. The average molecular weight is 405 g/mol. The van der Waals surface area contributed by atoms with Gasteiger partial charge in [0, 0.05) is 25.8 Å². The third-order valence-electron chi connectivity index (χ3n) is 3.41. The molecule has 0 spiro atoms. The molecule has 0 aliphatic rings. The molecule has 1 heterocycles. The summed E-state index contributed by atoms with van der Waals surface area (Å²) in [5.41, 5.74) is -1.05. The Morgan fingerprint density at radius 1 is 1.29 bits per heavy atom. The van der Waals surface area contributed by atoms with Crippen LogP contribution in [-0.4, -0.2) is 63.6 Å². The second kappa shape index (κ2) is 8.73. The van der Waals surface area contributed by atoms with E-state index in [0.29, 0.717) is 9.53 Å². The van der Waals surface area contributed by atoms with Crippen LogP contribution in [0.25, 0.3) is 5.69 Å². The number of tetrazole rings is 1. The fourth-order valence-corrected chi connectivity index (χ4v) is 2.14. The highest BCUT2D eigenvalue weighted by atomic mass is 19.4. The summed E-state index contributed by atoms with van der Waals surface area (Å²) in [4.78, 5) is 31.1. The lowest BCUT2D eigenvalue weighted by Crippen LogP contribution is -2.45. The number of hydrogen-bond acceptors (Lipinski definition) is 7. The van der Waals surface area contributed by atoms with E-state index in [1.165, 1.54) is 24.1 Å². The summed E-state index contributed by atoms with van der Waals surface area (Å²) in [6.45, 7) is 3.94. The van der Waals surface area contributed by atoms with Crippen LogP contribution in [-0.2, 0) is 4.74 Å². The van der Waals surface area contributed by atoms with Crippen LogP contribution in [0, 0.1) is 0 Å². The molecule has 154 valence electrons. The molecule has 2 rings (SSSR count). The Balaban J connectivity index is 2.21. The lowest BCUT2D eigenvalue weighted by atomic mass is 10.3. The van der Waals surface area contributed by atoms with Crippen LogP contribution in [0.3, 0.4) is 0 Å². The van der Waals surface area contributed by atoms with Crippen molar-refractivity contribution in [2.45, 2.75) is 26.3 Å². The first-order valence-electron chi connectivity index (χ1n) is 8.01. The number of nitrogens with zero attached hydrogens (tertiary/aromatic N) is 5. The topological polar surface area (TPSA) is 101 Å². The van der Waals surface area contributed by atoms with Crippen molar-refractivity contribution in [2.24, 2.45) is 0 Å². The molecule has 13 heteroatoms. The number of alkyl halides is 3. The van der Waals surface area contributed by atoms with Gasteiger partial charge in [0.25, 0.3) is 0 Å².